The first-order chi connectivity index (χ1) is 17.4. The molecule has 1 fully saturated rings. The van der Waals surface area contributed by atoms with E-state index in [-0.39, 0.29) is 28.2 Å². The summed E-state index contributed by atoms with van der Waals surface area (Å²) in [5.74, 6) is -0.506. The second-order valence-electron chi connectivity index (χ2n) is 7.94. The van der Waals surface area contributed by atoms with Crippen molar-refractivity contribution < 1.29 is 28.2 Å². The number of hydrogen-bond donors (Lipinski definition) is 1. The number of carbonyl (C=O) groups is 2. The summed E-state index contributed by atoms with van der Waals surface area (Å²) in [6, 6.07) is 19.9. The second kappa shape index (κ2) is 12.1. The molecule has 1 N–H and O–H groups in total. The summed E-state index contributed by atoms with van der Waals surface area (Å²) in [5, 5.41) is 3.01. The van der Waals surface area contributed by atoms with Crippen molar-refractivity contribution in [3.8, 4) is 5.75 Å². The molecule has 6 nitrogen and oxygen atoms in total. The Labute approximate surface area is 217 Å². The van der Waals surface area contributed by atoms with E-state index in [1.165, 1.54) is 23.9 Å². The van der Waals surface area contributed by atoms with Gasteiger partial charge in [-0.15, -0.1) is 0 Å². The van der Waals surface area contributed by atoms with Gasteiger partial charge in [0.05, 0.1) is 10.8 Å². The molecule has 4 rings (SSSR count). The maximum atomic E-state index is 14.5. The zero-order valence-electron chi connectivity index (χ0n) is 19.1. The average Bonchev–Trinajstić information content (AvgIpc) is 3.18. The van der Waals surface area contributed by atoms with Crippen LogP contribution in [0, 0.1) is 5.82 Å². The summed E-state index contributed by atoms with van der Waals surface area (Å²) < 4.78 is 31.2. The highest BCUT2D eigenvalue weighted by molar-refractivity contribution is 8.14. The van der Waals surface area contributed by atoms with E-state index >= 15 is 0 Å². The molecular weight excluding hydrogens is 505 g/mol. The fourth-order valence-electron chi connectivity index (χ4n) is 3.55. The van der Waals surface area contributed by atoms with Crippen LogP contribution in [0.2, 0.25) is 5.02 Å². The number of benzene rings is 3. The van der Waals surface area contributed by atoms with Crippen LogP contribution in [0.15, 0.2) is 85.1 Å². The number of thioether (sulfide) groups is 1. The Hall–Kier alpha value is -3.33. The molecule has 2 atom stereocenters. The normalized spacial score (nSPS) is 15.9. The highest BCUT2D eigenvalue weighted by Crippen LogP contribution is 2.29. The first-order valence-corrected chi connectivity index (χ1v) is 12.3. The number of ether oxygens (including phenoxy) is 3. The number of rotatable bonds is 10. The van der Waals surface area contributed by atoms with Crippen LogP contribution in [0.4, 0.5) is 9.18 Å². The lowest BCUT2D eigenvalue weighted by Crippen LogP contribution is -2.18. The maximum absolute atomic E-state index is 14.5. The Kier molecular flexibility index (Phi) is 8.64. The van der Waals surface area contributed by atoms with E-state index in [1.54, 1.807) is 48.5 Å². The standard InChI is InChI=1S/C27H23ClFNO5S/c1-17-25(36-27(32)30-17)13-18-9-11-21(12-10-18)33-15-24(22-7-2-3-8-23(22)29)34-16-35-26(31)19-5-4-6-20(28)14-19/h2-12,14,24-25H,1,13,15-16H2,(H,30,32). The Bertz CT molecular complexity index is 1250. The van der Waals surface area contributed by atoms with Gasteiger partial charge in [-0.3, -0.25) is 4.79 Å². The molecule has 1 aliphatic heterocycles. The van der Waals surface area contributed by atoms with Crippen LogP contribution in [-0.4, -0.2) is 29.9 Å². The SMILES string of the molecule is C=C1NC(=O)SC1Cc1ccc(OCC(OCOC(=O)c2cccc(Cl)c2)c2ccccc2F)cc1. The van der Waals surface area contributed by atoms with Crippen molar-refractivity contribution >= 4 is 34.6 Å². The molecule has 1 amide bonds. The Morgan fingerprint density at radius 1 is 1.11 bits per heavy atom. The van der Waals surface area contributed by atoms with Gasteiger partial charge in [0.15, 0.2) is 6.79 Å². The molecule has 0 bridgehead atoms. The lowest BCUT2D eigenvalue weighted by molar-refractivity contribution is -0.0795. The van der Waals surface area contributed by atoms with Crippen molar-refractivity contribution in [3.05, 3.63) is 113 Å². The van der Waals surface area contributed by atoms with Crippen molar-refractivity contribution in [2.75, 3.05) is 13.4 Å². The molecule has 3 aromatic rings. The van der Waals surface area contributed by atoms with Gasteiger partial charge in [0, 0.05) is 16.3 Å². The number of amides is 1. The van der Waals surface area contributed by atoms with Gasteiger partial charge in [-0.05, 0) is 48.4 Å². The number of halogens is 2. The van der Waals surface area contributed by atoms with Crippen molar-refractivity contribution in [1.82, 2.24) is 5.32 Å². The molecule has 3 aromatic carbocycles. The van der Waals surface area contributed by atoms with Gasteiger partial charge in [-0.25, -0.2) is 9.18 Å². The molecule has 2 unspecified atom stereocenters. The number of carbonyl (C=O) groups excluding carboxylic acids is 2. The van der Waals surface area contributed by atoms with Crippen LogP contribution < -0.4 is 10.1 Å². The van der Waals surface area contributed by atoms with Crippen molar-refractivity contribution in [2.24, 2.45) is 0 Å². The molecule has 0 aliphatic carbocycles. The molecule has 1 aliphatic rings. The predicted molar refractivity (Wildman–Crippen MR) is 137 cm³/mol. The van der Waals surface area contributed by atoms with Gasteiger partial charge in [0.1, 0.15) is 24.3 Å². The van der Waals surface area contributed by atoms with E-state index in [1.807, 2.05) is 12.1 Å². The van der Waals surface area contributed by atoms with Crippen LogP contribution in [0.25, 0.3) is 0 Å². The summed E-state index contributed by atoms with van der Waals surface area (Å²) in [4.78, 5) is 23.8. The highest BCUT2D eigenvalue weighted by atomic mass is 35.5. The van der Waals surface area contributed by atoms with Gasteiger partial charge in [0.25, 0.3) is 5.24 Å². The molecule has 0 spiro atoms. The topological polar surface area (TPSA) is 73.9 Å². The molecule has 1 heterocycles. The van der Waals surface area contributed by atoms with Crippen molar-refractivity contribution in [2.45, 2.75) is 17.8 Å². The monoisotopic (exact) mass is 527 g/mol. The lowest BCUT2D eigenvalue weighted by atomic mass is 10.1. The Balaban J connectivity index is 1.36. The smallest absolute Gasteiger partial charge is 0.340 e. The van der Waals surface area contributed by atoms with Crippen molar-refractivity contribution in [1.29, 1.82) is 0 Å². The van der Waals surface area contributed by atoms with Gasteiger partial charge in [-0.1, -0.05) is 66.3 Å². The molecular formula is C27H23ClFNO5S. The summed E-state index contributed by atoms with van der Waals surface area (Å²) in [6.45, 7) is 3.47. The van der Waals surface area contributed by atoms with E-state index in [9.17, 15) is 14.0 Å². The van der Waals surface area contributed by atoms with Crippen LogP contribution >= 0.6 is 23.4 Å². The fourth-order valence-corrected chi connectivity index (χ4v) is 4.66. The average molecular weight is 528 g/mol. The first-order valence-electron chi connectivity index (χ1n) is 11.1. The van der Waals surface area contributed by atoms with Crippen LogP contribution in [0.3, 0.4) is 0 Å². The summed E-state index contributed by atoms with van der Waals surface area (Å²) >= 11 is 7.14. The Morgan fingerprint density at radius 3 is 2.58 bits per heavy atom. The van der Waals surface area contributed by atoms with E-state index in [4.69, 9.17) is 25.8 Å². The molecule has 0 saturated carbocycles. The van der Waals surface area contributed by atoms with Gasteiger partial charge < -0.3 is 19.5 Å². The third-order valence-corrected chi connectivity index (χ3v) is 6.71. The minimum atomic E-state index is -0.826. The summed E-state index contributed by atoms with van der Waals surface area (Å²) in [5.41, 5.74) is 2.28. The highest BCUT2D eigenvalue weighted by Gasteiger charge is 2.26. The maximum Gasteiger partial charge on any atom is 0.340 e. The number of nitrogens with one attached hydrogen (secondary N) is 1. The van der Waals surface area contributed by atoms with Gasteiger partial charge in [0.2, 0.25) is 0 Å². The zero-order chi connectivity index (χ0) is 25.5. The second-order valence-corrected chi connectivity index (χ2v) is 9.55. The third-order valence-electron chi connectivity index (χ3n) is 5.42. The quantitative estimate of drug-likeness (QED) is 0.246. The molecule has 9 heteroatoms. The first kappa shape index (κ1) is 25.8. The summed E-state index contributed by atoms with van der Waals surface area (Å²) in [6.07, 6.45) is -0.171. The van der Waals surface area contributed by atoms with E-state index in [0.29, 0.717) is 22.9 Å². The van der Waals surface area contributed by atoms with Gasteiger partial charge >= 0.3 is 5.97 Å². The molecule has 186 valence electrons. The van der Waals surface area contributed by atoms with Crippen LogP contribution in [-0.2, 0) is 15.9 Å². The minimum Gasteiger partial charge on any atom is -0.491 e. The number of hydrogen-bond acceptors (Lipinski definition) is 6. The summed E-state index contributed by atoms with van der Waals surface area (Å²) in [7, 11) is 0. The zero-order valence-corrected chi connectivity index (χ0v) is 20.7. The van der Waals surface area contributed by atoms with Crippen molar-refractivity contribution in [3.63, 3.8) is 0 Å². The minimum absolute atomic E-state index is 0.0112. The molecule has 36 heavy (non-hydrogen) atoms. The predicted octanol–water partition coefficient (Wildman–Crippen LogP) is 6.31. The Morgan fingerprint density at radius 2 is 1.89 bits per heavy atom. The van der Waals surface area contributed by atoms with Crippen LogP contribution in [0.1, 0.15) is 27.6 Å². The van der Waals surface area contributed by atoms with Gasteiger partial charge in [-0.2, -0.15) is 0 Å². The molecule has 0 radical (unpaired) electrons. The van der Waals surface area contributed by atoms with E-state index in [2.05, 4.69) is 11.9 Å². The largest absolute Gasteiger partial charge is 0.491 e. The molecule has 1 saturated heterocycles. The molecule has 0 aromatic heterocycles. The number of esters is 1. The van der Waals surface area contributed by atoms with E-state index in [0.717, 1.165) is 5.56 Å². The van der Waals surface area contributed by atoms with E-state index < -0.39 is 24.7 Å². The van der Waals surface area contributed by atoms with Crippen LogP contribution in [0.5, 0.6) is 5.75 Å². The lowest BCUT2D eigenvalue weighted by Gasteiger charge is -2.20. The fraction of sp³-hybridized carbons (Fsp3) is 0.185. The third kappa shape index (κ3) is 6.87.